The van der Waals surface area contributed by atoms with Crippen LogP contribution in [0.15, 0.2) is 36.5 Å². The normalized spacial score (nSPS) is 24.7. The number of allylic oxidation sites excluding steroid dienone is 3. The van der Waals surface area contributed by atoms with E-state index in [0.717, 1.165) is 41.9 Å². The highest BCUT2D eigenvalue weighted by Gasteiger charge is 2.60. The van der Waals surface area contributed by atoms with Crippen molar-refractivity contribution in [1.82, 2.24) is 0 Å². The summed E-state index contributed by atoms with van der Waals surface area (Å²) in [5.41, 5.74) is 5.53. The van der Waals surface area contributed by atoms with Gasteiger partial charge >= 0.3 is 0 Å². The lowest BCUT2D eigenvalue weighted by molar-refractivity contribution is -0.120. The first-order valence-electron chi connectivity index (χ1n) is 32.7. The van der Waals surface area contributed by atoms with Crippen LogP contribution in [0.3, 0.4) is 0 Å². The molecular weight excluding hydrogens is 901 g/mol. The Bertz CT molecular complexity index is 1230. The van der Waals surface area contributed by atoms with Gasteiger partial charge in [-0.2, -0.15) is 11.8 Å². The largest absolute Gasteiger partial charge is 0.300 e. The van der Waals surface area contributed by atoms with Crippen molar-refractivity contribution in [1.29, 1.82) is 0 Å². The van der Waals surface area contributed by atoms with Crippen LogP contribution in [0.1, 0.15) is 328 Å². The van der Waals surface area contributed by atoms with Crippen molar-refractivity contribution in [3.8, 4) is 0 Å². The predicted octanol–water partition coefficient (Wildman–Crippen LogP) is 25.8. The van der Waals surface area contributed by atoms with Crippen LogP contribution in [0.5, 0.6) is 0 Å². The highest BCUT2D eigenvalue weighted by molar-refractivity contribution is 7.98. The summed E-state index contributed by atoms with van der Waals surface area (Å²) in [5.74, 6) is 10.5. The van der Waals surface area contributed by atoms with Gasteiger partial charge in [0.1, 0.15) is 5.78 Å². The second-order valence-corrected chi connectivity index (χ2v) is 23.8. The van der Waals surface area contributed by atoms with Gasteiger partial charge in [0.2, 0.25) is 0 Å². The van der Waals surface area contributed by atoms with E-state index >= 15 is 0 Å². The number of ketones is 1. The molecule has 0 aromatic heterocycles. The third-order valence-electron chi connectivity index (χ3n) is 17.4. The summed E-state index contributed by atoms with van der Waals surface area (Å²) in [7, 11) is 0. The second-order valence-electron chi connectivity index (χ2n) is 22.8. The van der Waals surface area contributed by atoms with Gasteiger partial charge in [-0.15, -0.1) is 6.58 Å². The fourth-order valence-corrected chi connectivity index (χ4v) is 13.7. The summed E-state index contributed by atoms with van der Waals surface area (Å²) in [6.07, 6.45) is 34.4. The summed E-state index contributed by atoms with van der Waals surface area (Å²) < 4.78 is 0. The maximum atomic E-state index is 10.7. The Morgan fingerprint density at radius 2 is 1.10 bits per heavy atom. The Labute approximate surface area is 472 Å². The van der Waals surface area contributed by atoms with E-state index in [2.05, 4.69) is 109 Å². The molecule has 0 heterocycles. The van der Waals surface area contributed by atoms with E-state index in [1.165, 1.54) is 125 Å². The number of thioether (sulfide) groups is 1. The monoisotopic (exact) mass is 1050 g/mol. The van der Waals surface area contributed by atoms with Crippen LogP contribution in [-0.2, 0) is 4.79 Å². The first-order chi connectivity index (χ1) is 34.8. The molecule has 442 valence electrons. The smallest absolute Gasteiger partial charge is 0.132 e. The number of rotatable bonds is 22. The molecule has 0 aromatic carbocycles. The molecular formula is C71H146OS. The number of hydrogen-bond acceptors (Lipinski definition) is 2. The highest BCUT2D eigenvalue weighted by atomic mass is 32.2. The van der Waals surface area contributed by atoms with Gasteiger partial charge in [-0.25, -0.2) is 0 Å². The van der Waals surface area contributed by atoms with Gasteiger partial charge in [0.15, 0.2) is 0 Å². The maximum Gasteiger partial charge on any atom is 0.132 e. The molecule has 4 aliphatic carbocycles. The molecule has 2 heteroatoms. The first-order valence-corrected chi connectivity index (χ1v) is 34.1. The zero-order chi connectivity index (χ0) is 58.3. The molecule has 0 spiro atoms. The second kappa shape index (κ2) is 53.3. The summed E-state index contributed by atoms with van der Waals surface area (Å²) in [4.78, 5) is 10.7. The lowest BCUT2D eigenvalue weighted by Gasteiger charge is -2.61. The molecule has 4 saturated carbocycles. The van der Waals surface area contributed by atoms with Crippen molar-refractivity contribution in [3.05, 3.63) is 36.5 Å². The van der Waals surface area contributed by atoms with E-state index in [4.69, 9.17) is 0 Å². The van der Waals surface area contributed by atoms with E-state index in [1.807, 2.05) is 102 Å². The van der Waals surface area contributed by atoms with E-state index in [1.54, 1.807) is 45.4 Å². The minimum atomic E-state index is 0.255. The fourth-order valence-electron chi connectivity index (χ4n) is 13.3. The Morgan fingerprint density at radius 3 is 1.53 bits per heavy atom. The van der Waals surface area contributed by atoms with E-state index < -0.39 is 0 Å². The molecule has 4 rings (SSSR count). The molecule has 0 saturated heterocycles. The predicted molar refractivity (Wildman–Crippen MR) is 348 cm³/mol. The van der Waals surface area contributed by atoms with Crippen molar-refractivity contribution in [2.24, 2.45) is 75.9 Å². The Hall–Kier alpha value is -0.760. The fraction of sp³-hybridized carbons (Fsp3) is 0.901. The molecule has 0 radical (unpaired) electrons. The topological polar surface area (TPSA) is 17.1 Å². The third-order valence-corrected chi connectivity index (χ3v) is 18.2. The van der Waals surface area contributed by atoms with Crippen LogP contribution in [0, 0.1) is 75.9 Å². The summed E-state index contributed by atoms with van der Waals surface area (Å²) >= 11 is 1.90. The standard InChI is InChI=1S/C26H44.C21H40.C8H16O.C4H10S.6C2H6/c1-18(2)9-10-19(3)22-13-14-23-21-12-11-20-8-6-7-16-25(20,4)24(21)15-17-26(22,23)5;1-8-10-12-14-16-21(17(3)4)20(7)19(6)18(5)15-13-11-9-2;1-6(2)5-7(3)8(4)9;1-3-4-5-2;6*1-2/h19-24H,1,6-17H2,2-5H3;18,20-21H,3,6,8-16H2,1-2,4-5,7H3;6-7H,5H2,1-4H3;3-4H2,1-2H3;6*1-2H3/t19-,20?,21?,22?,23?,24?,25?,26?;;;;;;;;;/m1........./s1. The van der Waals surface area contributed by atoms with Crippen LogP contribution >= 0.6 is 11.8 Å². The van der Waals surface area contributed by atoms with Gasteiger partial charge in [0, 0.05) is 5.92 Å². The van der Waals surface area contributed by atoms with Gasteiger partial charge in [-0.1, -0.05) is 247 Å². The van der Waals surface area contributed by atoms with Crippen LogP contribution in [0.2, 0.25) is 0 Å². The van der Waals surface area contributed by atoms with Crippen LogP contribution in [-0.4, -0.2) is 17.8 Å². The summed E-state index contributed by atoms with van der Waals surface area (Å²) in [5, 5.41) is 0. The first kappa shape index (κ1) is 83.6. The molecule has 0 amide bonds. The lowest BCUT2D eigenvalue weighted by atomic mass is 9.44. The van der Waals surface area contributed by atoms with Gasteiger partial charge < -0.3 is 0 Å². The third kappa shape index (κ3) is 33.3. The minimum Gasteiger partial charge on any atom is -0.300 e. The van der Waals surface area contributed by atoms with Gasteiger partial charge in [0.05, 0.1) is 0 Å². The van der Waals surface area contributed by atoms with Gasteiger partial charge in [-0.05, 0) is 193 Å². The summed E-state index contributed by atoms with van der Waals surface area (Å²) in [6.45, 7) is 68.7. The summed E-state index contributed by atoms with van der Waals surface area (Å²) in [6, 6.07) is 0. The Balaban J connectivity index is -0.000000213. The molecule has 73 heavy (non-hydrogen) atoms. The number of unbranched alkanes of at least 4 members (excludes halogenated alkanes) is 5. The molecule has 11 unspecified atom stereocenters. The molecule has 4 aliphatic rings. The maximum absolute atomic E-state index is 10.7. The van der Waals surface area contributed by atoms with E-state index in [0.29, 0.717) is 40.3 Å². The zero-order valence-corrected chi connectivity index (χ0v) is 57.1. The van der Waals surface area contributed by atoms with Crippen molar-refractivity contribution < 1.29 is 4.79 Å². The number of carbonyl (C=O) groups is 1. The Kier molecular flexibility index (Phi) is 61.0. The SMILES string of the molecule is C=C(C(C)CCCCC)C(C)C(CCCCCC)C(=C)C.C=C(C)CC[C@@H](C)C1CCC2C3CCC4CCCCC4(C)C3CCC21C.CC.CC.CC.CC.CC.CC.CC(=O)C(C)CC(C)C.CCCSC. The van der Waals surface area contributed by atoms with Gasteiger partial charge in [-0.3, -0.25) is 4.79 Å². The average molecular weight is 1050 g/mol. The quantitative estimate of drug-likeness (QED) is 0.0794. The molecule has 0 bridgehead atoms. The molecule has 4 fully saturated rings. The van der Waals surface area contributed by atoms with E-state index in [9.17, 15) is 4.79 Å². The van der Waals surface area contributed by atoms with Crippen molar-refractivity contribution >= 4 is 17.5 Å². The lowest BCUT2D eigenvalue weighted by Crippen LogP contribution is -2.53. The van der Waals surface area contributed by atoms with Crippen LogP contribution in [0.25, 0.3) is 0 Å². The number of carbonyl (C=O) groups excluding carboxylic acids is 1. The van der Waals surface area contributed by atoms with Gasteiger partial charge in [0.25, 0.3) is 0 Å². The average Bonchev–Trinajstić information content (AvgIpc) is 3.76. The van der Waals surface area contributed by atoms with Crippen LogP contribution < -0.4 is 0 Å². The molecule has 12 atom stereocenters. The number of hydrogen-bond donors (Lipinski definition) is 0. The highest BCUT2D eigenvalue weighted by Crippen LogP contribution is 2.68. The zero-order valence-electron chi connectivity index (χ0n) is 56.3. The molecule has 0 aliphatic heterocycles. The number of fused-ring (bicyclic) bond motifs is 5. The van der Waals surface area contributed by atoms with Crippen molar-refractivity contribution in [3.63, 3.8) is 0 Å². The van der Waals surface area contributed by atoms with Crippen molar-refractivity contribution in [2.45, 2.75) is 328 Å². The minimum absolute atomic E-state index is 0.255. The Morgan fingerprint density at radius 1 is 0.575 bits per heavy atom. The van der Waals surface area contributed by atoms with E-state index in [-0.39, 0.29) is 5.92 Å². The molecule has 1 nitrogen and oxygen atoms in total. The van der Waals surface area contributed by atoms with Crippen LogP contribution in [0.4, 0.5) is 0 Å². The van der Waals surface area contributed by atoms with Crippen molar-refractivity contribution in [2.75, 3.05) is 12.0 Å². The number of Topliss-reactive ketones (excluding diaryl/α,β-unsaturated/α-hetero) is 1. The molecule has 0 N–H and O–H groups in total. The molecule has 0 aromatic rings.